The smallest absolute Gasteiger partial charge is 0.357 e. The van der Waals surface area contributed by atoms with Crippen LogP contribution in [0.1, 0.15) is 29.5 Å². The van der Waals surface area contributed by atoms with Crippen LogP contribution >= 0.6 is 0 Å². The van der Waals surface area contributed by atoms with Crippen LogP contribution in [0.5, 0.6) is 0 Å². The number of aliphatic imine (C=N–C) groups is 1. The van der Waals surface area contributed by atoms with E-state index >= 15 is 0 Å². The molecule has 0 aliphatic carbocycles. The van der Waals surface area contributed by atoms with E-state index in [1.807, 2.05) is 34.9 Å². The molecule has 2 atom stereocenters. The summed E-state index contributed by atoms with van der Waals surface area (Å²) in [6.07, 6.45) is -9.61. The Bertz CT molecular complexity index is 1140. The Morgan fingerprint density at radius 3 is 2.23 bits per heavy atom. The van der Waals surface area contributed by atoms with Gasteiger partial charge in [0.15, 0.2) is 0 Å². The molecule has 3 nitrogen and oxygen atoms in total. The van der Waals surface area contributed by atoms with Crippen molar-refractivity contribution >= 4 is 22.3 Å². The van der Waals surface area contributed by atoms with Gasteiger partial charge >= 0.3 is 12.4 Å². The minimum absolute atomic E-state index is 0.108. The Balaban J connectivity index is 1.70. The first-order chi connectivity index (χ1) is 14.1. The standard InChI is InChI=1S/C21H14F6N2O/c22-20(23,24)12-8-13(21(25,26)27)10-14(9-12)28-18-15-5-6-30-19(15)29-16-4-2-1-3-11(16)7-17(18)29/h1-4,7-10,15,19H,5-6H2/t15-,19-/m0/s1. The van der Waals surface area contributed by atoms with E-state index in [0.29, 0.717) is 36.6 Å². The fraction of sp³-hybridized carbons (Fsp3) is 0.286. The zero-order valence-electron chi connectivity index (χ0n) is 15.3. The molecule has 3 aromatic rings. The number of hydrogen-bond donors (Lipinski definition) is 0. The van der Waals surface area contributed by atoms with Gasteiger partial charge in [0, 0.05) is 5.39 Å². The van der Waals surface area contributed by atoms with Gasteiger partial charge in [0.05, 0.1) is 46.3 Å². The van der Waals surface area contributed by atoms with Crippen molar-refractivity contribution in [3.8, 4) is 0 Å². The molecule has 0 saturated carbocycles. The molecule has 0 unspecified atom stereocenters. The number of aromatic nitrogens is 1. The number of hydrogen-bond acceptors (Lipinski definition) is 2. The van der Waals surface area contributed by atoms with Crippen molar-refractivity contribution < 1.29 is 31.1 Å². The molecule has 0 spiro atoms. The van der Waals surface area contributed by atoms with Gasteiger partial charge in [-0.15, -0.1) is 0 Å². The van der Waals surface area contributed by atoms with E-state index in [-0.39, 0.29) is 23.9 Å². The minimum atomic E-state index is -4.92. The monoisotopic (exact) mass is 424 g/mol. The highest BCUT2D eigenvalue weighted by atomic mass is 19.4. The number of para-hydroxylation sites is 1. The maximum absolute atomic E-state index is 13.2. The molecular formula is C21H14F6N2O. The normalized spacial score (nSPS) is 22.7. The Hall–Kier alpha value is -2.81. The van der Waals surface area contributed by atoms with Gasteiger partial charge in [0.25, 0.3) is 0 Å². The van der Waals surface area contributed by atoms with Crippen LogP contribution in [-0.4, -0.2) is 16.9 Å². The van der Waals surface area contributed by atoms with Crippen molar-refractivity contribution in [3.63, 3.8) is 0 Å². The average Bonchev–Trinajstić information content (AvgIpc) is 3.33. The fourth-order valence-corrected chi connectivity index (χ4v) is 4.22. The third-order valence-electron chi connectivity index (χ3n) is 5.50. The zero-order valence-corrected chi connectivity index (χ0v) is 15.3. The number of alkyl halides is 6. The molecule has 5 rings (SSSR count). The van der Waals surface area contributed by atoms with Crippen LogP contribution in [0, 0.1) is 5.92 Å². The highest BCUT2D eigenvalue weighted by Gasteiger charge is 2.43. The number of fused-ring (bicyclic) bond motifs is 5. The topological polar surface area (TPSA) is 26.5 Å². The fourth-order valence-electron chi connectivity index (χ4n) is 4.22. The van der Waals surface area contributed by atoms with Crippen LogP contribution in [-0.2, 0) is 17.1 Å². The van der Waals surface area contributed by atoms with Crippen molar-refractivity contribution in [2.75, 3.05) is 6.61 Å². The minimum Gasteiger partial charge on any atom is -0.357 e. The van der Waals surface area contributed by atoms with Gasteiger partial charge in [0.2, 0.25) is 0 Å². The second-order valence-electron chi connectivity index (χ2n) is 7.38. The maximum atomic E-state index is 13.2. The summed E-state index contributed by atoms with van der Waals surface area (Å²) in [5.74, 6) is -0.228. The van der Waals surface area contributed by atoms with Gasteiger partial charge in [-0.05, 0) is 36.8 Å². The van der Waals surface area contributed by atoms with E-state index in [1.54, 1.807) is 0 Å². The Kier molecular flexibility index (Phi) is 4.05. The predicted octanol–water partition coefficient (Wildman–Crippen LogP) is 6.35. The van der Waals surface area contributed by atoms with Gasteiger partial charge in [-0.1, -0.05) is 18.2 Å². The van der Waals surface area contributed by atoms with E-state index in [0.717, 1.165) is 10.9 Å². The van der Waals surface area contributed by atoms with E-state index in [2.05, 4.69) is 4.99 Å². The summed E-state index contributed by atoms with van der Waals surface area (Å²) < 4.78 is 87.0. The highest BCUT2D eigenvalue weighted by molar-refractivity contribution is 6.08. The van der Waals surface area contributed by atoms with Gasteiger partial charge in [-0.3, -0.25) is 4.99 Å². The third-order valence-corrected chi connectivity index (χ3v) is 5.50. The number of ether oxygens (including phenoxy) is 1. The molecule has 0 N–H and O–H groups in total. The zero-order chi connectivity index (χ0) is 21.3. The predicted molar refractivity (Wildman–Crippen MR) is 97.7 cm³/mol. The first-order valence-corrected chi connectivity index (χ1v) is 9.23. The summed E-state index contributed by atoms with van der Waals surface area (Å²) in [6, 6.07) is 10.7. The molecule has 2 aromatic carbocycles. The molecule has 1 aromatic heterocycles. The van der Waals surface area contributed by atoms with Gasteiger partial charge < -0.3 is 9.30 Å². The largest absolute Gasteiger partial charge is 0.416 e. The first-order valence-electron chi connectivity index (χ1n) is 9.23. The highest BCUT2D eigenvalue weighted by Crippen LogP contribution is 2.45. The number of benzene rings is 2. The molecule has 2 aliphatic rings. The summed E-state index contributed by atoms with van der Waals surface area (Å²) >= 11 is 0. The Morgan fingerprint density at radius 1 is 0.900 bits per heavy atom. The lowest BCUT2D eigenvalue weighted by atomic mass is 10.00. The lowest BCUT2D eigenvalue weighted by Gasteiger charge is -2.14. The summed E-state index contributed by atoms with van der Waals surface area (Å²) in [6.45, 7) is 0.441. The van der Waals surface area contributed by atoms with Gasteiger partial charge in [-0.2, -0.15) is 26.3 Å². The van der Waals surface area contributed by atoms with Crippen molar-refractivity contribution in [2.24, 2.45) is 10.9 Å². The molecule has 9 heteroatoms. The number of rotatable bonds is 1. The Morgan fingerprint density at radius 2 is 1.57 bits per heavy atom. The van der Waals surface area contributed by atoms with Crippen LogP contribution in [0.15, 0.2) is 53.5 Å². The molecule has 30 heavy (non-hydrogen) atoms. The SMILES string of the molecule is FC(F)(F)c1cc(N=C2c3cc4ccccc4n3[C@H]3OCC[C@@H]23)cc(C(F)(F)F)c1. The van der Waals surface area contributed by atoms with E-state index in [1.165, 1.54) is 0 Å². The lowest BCUT2D eigenvalue weighted by Crippen LogP contribution is -2.12. The molecule has 156 valence electrons. The third kappa shape index (κ3) is 2.99. The van der Waals surface area contributed by atoms with Crippen molar-refractivity contribution in [2.45, 2.75) is 25.0 Å². The molecule has 1 saturated heterocycles. The van der Waals surface area contributed by atoms with E-state index in [4.69, 9.17) is 4.74 Å². The summed E-state index contributed by atoms with van der Waals surface area (Å²) in [5.41, 5.74) is -1.16. The molecule has 0 bridgehead atoms. The second kappa shape index (κ2) is 6.34. The van der Waals surface area contributed by atoms with Crippen LogP contribution in [0.3, 0.4) is 0 Å². The quantitative estimate of drug-likeness (QED) is 0.418. The average molecular weight is 424 g/mol. The Labute approximate surface area is 166 Å². The van der Waals surface area contributed by atoms with E-state index < -0.39 is 23.5 Å². The van der Waals surface area contributed by atoms with Crippen LogP contribution in [0.25, 0.3) is 10.9 Å². The molecule has 0 radical (unpaired) electrons. The summed E-state index contributed by atoms with van der Waals surface area (Å²) in [4.78, 5) is 4.30. The second-order valence-corrected chi connectivity index (χ2v) is 7.38. The molecular weight excluding hydrogens is 410 g/mol. The van der Waals surface area contributed by atoms with Crippen LogP contribution < -0.4 is 0 Å². The van der Waals surface area contributed by atoms with Gasteiger partial charge in [0.1, 0.15) is 6.23 Å². The van der Waals surface area contributed by atoms with Crippen molar-refractivity contribution in [3.05, 3.63) is 65.4 Å². The van der Waals surface area contributed by atoms with Crippen LogP contribution in [0.2, 0.25) is 0 Å². The summed E-state index contributed by atoms with van der Waals surface area (Å²) in [5, 5.41) is 0.897. The first kappa shape index (κ1) is 19.2. The maximum Gasteiger partial charge on any atom is 0.416 e. The number of halogens is 6. The molecule has 0 amide bonds. The van der Waals surface area contributed by atoms with Crippen molar-refractivity contribution in [1.82, 2.24) is 4.57 Å². The van der Waals surface area contributed by atoms with E-state index in [9.17, 15) is 26.3 Å². The molecule has 1 fully saturated rings. The summed E-state index contributed by atoms with van der Waals surface area (Å²) in [7, 11) is 0. The molecule has 2 aliphatic heterocycles. The van der Waals surface area contributed by atoms with Crippen molar-refractivity contribution in [1.29, 1.82) is 0 Å². The lowest BCUT2D eigenvalue weighted by molar-refractivity contribution is -0.143. The number of nitrogens with zero attached hydrogens (tertiary/aromatic N) is 2. The van der Waals surface area contributed by atoms with Crippen LogP contribution in [0.4, 0.5) is 32.0 Å². The molecule has 3 heterocycles. The van der Waals surface area contributed by atoms with Gasteiger partial charge in [-0.25, -0.2) is 0 Å².